The number of sulfonamides is 1. The van der Waals surface area contributed by atoms with Crippen molar-refractivity contribution in [1.82, 2.24) is 4.98 Å². The quantitative estimate of drug-likeness (QED) is 0.780. The third kappa shape index (κ3) is 4.25. The molecule has 100 valence electrons. The van der Waals surface area contributed by atoms with Crippen LogP contribution in [0.15, 0.2) is 18.2 Å². The van der Waals surface area contributed by atoms with Crippen molar-refractivity contribution in [3.63, 3.8) is 0 Å². The zero-order valence-corrected chi connectivity index (χ0v) is 11.1. The summed E-state index contributed by atoms with van der Waals surface area (Å²) in [5.41, 5.74) is 0.333. The van der Waals surface area contributed by atoms with Gasteiger partial charge in [0.05, 0.1) is 6.07 Å². The van der Waals surface area contributed by atoms with E-state index in [9.17, 15) is 8.42 Å². The van der Waals surface area contributed by atoms with Crippen LogP contribution in [-0.4, -0.2) is 30.4 Å². The van der Waals surface area contributed by atoms with Crippen molar-refractivity contribution >= 4 is 15.8 Å². The summed E-state index contributed by atoms with van der Waals surface area (Å²) in [5.74, 6) is 5.08. The number of nitrogens with zero attached hydrogens (tertiary/aromatic N) is 2. The standard InChI is InChI=1S/C12H13N3O3S/c1-2-11(9-13)19(17,18)15-12-7-3-5-10(14-12)6-4-8-16/h3,5,7,11,16H,2,8H2,1H3,(H,14,15). The molecular formula is C12H13N3O3S. The highest BCUT2D eigenvalue weighted by molar-refractivity contribution is 7.93. The molecule has 0 radical (unpaired) electrons. The topological polar surface area (TPSA) is 103 Å². The number of nitriles is 1. The summed E-state index contributed by atoms with van der Waals surface area (Å²) in [6.45, 7) is 1.31. The van der Waals surface area contributed by atoms with E-state index in [0.29, 0.717) is 5.69 Å². The first-order valence-corrected chi connectivity index (χ1v) is 7.06. The molecule has 0 saturated heterocycles. The number of aliphatic hydroxyl groups is 1. The third-order valence-electron chi connectivity index (χ3n) is 2.18. The molecule has 0 bridgehead atoms. The van der Waals surface area contributed by atoms with E-state index in [1.54, 1.807) is 25.1 Å². The Balaban J connectivity index is 2.98. The fraction of sp³-hybridized carbons (Fsp3) is 0.333. The number of hydrogen-bond acceptors (Lipinski definition) is 5. The zero-order chi connectivity index (χ0) is 14.3. The van der Waals surface area contributed by atoms with Crippen molar-refractivity contribution in [3.8, 4) is 17.9 Å². The molecule has 1 heterocycles. The van der Waals surface area contributed by atoms with Crippen LogP contribution in [0.3, 0.4) is 0 Å². The van der Waals surface area contributed by atoms with Gasteiger partial charge in [0.25, 0.3) is 0 Å². The molecule has 0 aliphatic heterocycles. The van der Waals surface area contributed by atoms with Crippen molar-refractivity contribution in [2.45, 2.75) is 18.6 Å². The van der Waals surface area contributed by atoms with Crippen molar-refractivity contribution in [1.29, 1.82) is 5.26 Å². The van der Waals surface area contributed by atoms with Crippen LogP contribution in [0, 0.1) is 23.2 Å². The molecule has 0 saturated carbocycles. The van der Waals surface area contributed by atoms with Crippen LogP contribution >= 0.6 is 0 Å². The van der Waals surface area contributed by atoms with Crippen molar-refractivity contribution in [2.24, 2.45) is 0 Å². The summed E-state index contributed by atoms with van der Waals surface area (Å²) in [4.78, 5) is 3.96. The molecule has 1 atom stereocenters. The minimum atomic E-state index is -3.78. The Labute approximate surface area is 112 Å². The Bertz CT molecular complexity index is 638. The van der Waals surface area contributed by atoms with Crippen LogP contribution in [0.4, 0.5) is 5.82 Å². The zero-order valence-electron chi connectivity index (χ0n) is 10.3. The van der Waals surface area contributed by atoms with Gasteiger partial charge in [0, 0.05) is 0 Å². The number of rotatable bonds is 4. The Hall–Kier alpha value is -2.09. The molecule has 0 amide bonds. The van der Waals surface area contributed by atoms with Crippen molar-refractivity contribution in [3.05, 3.63) is 23.9 Å². The molecule has 6 nitrogen and oxygen atoms in total. The highest BCUT2D eigenvalue weighted by Gasteiger charge is 2.23. The normalized spacial score (nSPS) is 11.8. The van der Waals surface area contributed by atoms with E-state index >= 15 is 0 Å². The third-order valence-corrected chi connectivity index (χ3v) is 3.86. The van der Waals surface area contributed by atoms with Gasteiger partial charge in [-0.2, -0.15) is 5.26 Å². The Kier molecular flexibility index (Phi) is 5.31. The lowest BCUT2D eigenvalue weighted by molar-refractivity contribution is 0.350. The van der Waals surface area contributed by atoms with Crippen LogP contribution in [0.25, 0.3) is 0 Å². The fourth-order valence-corrected chi connectivity index (χ4v) is 2.41. The van der Waals surface area contributed by atoms with E-state index in [4.69, 9.17) is 10.4 Å². The van der Waals surface area contributed by atoms with E-state index in [2.05, 4.69) is 21.5 Å². The number of nitrogens with one attached hydrogen (secondary N) is 1. The monoisotopic (exact) mass is 279 g/mol. The van der Waals surface area contributed by atoms with Gasteiger partial charge in [-0.1, -0.05) is 18.9 Å². The van der Waals surface area contributed by atoms with Gasteiger partial charge in [-0.3, -0.25) is 4.72 Å². The summed E-state index contributed by atoms with van der Waals surface area (Å²) >= 11 is 0. The van der Waals surface area contributed by atoms with Gasteiger partial charge in [0.15, 0.2) is 5.25 Å². The van der Waals surface area contributed by atoms with Crippen LogP contribution in [0.1, 0.15) is 19.0 Å². The van der Waals surface area contributed by atoms with E-state index in [0.717, 1.165) is 0 Å². The Morgan fingerprint density at radius 2 is 2.26 bits per heavy atom. The second-order valence-electron chi connectivity index (χ2n) is 3.54. The van der Waals surface area contributed by atoms with Crippen LogP contribution in [0.2, 0.25) is 0 Å². The largest absolute Gasteiger partial charge is 0.384 e. The highest BCUT2D eigenvalue weighted by Crippen LogP contribution is 2.11. The van der Waals surface area contributed by atoms with Gasteiger partial charge in [-0.15, -0.1) is 0 Å². The summed E-state index contributed by atoms with van der Waals surface area (Å²) in [6.07, 6.45) is 0.190. The van der Waals surface area contributed by atoms with E-state index in [1.165, 1.54) is 6.07 Å². The van der Waals surface area contributed by atoms with E-state index in [1.807, 2.05) is 0 Å². The highest BCUT2D eigenvalue weighted by atomic mass is 32.2. The number of hydrogen-bond donors (Lipinski definition) is 2. The van der Waals surface area contributed by atoms with Gasteiger partial charge in [0.2, 0.25) is 10.0 Å². The van der Waals surface area contributed by atoms with Crippen molar-refractivity contribution < 1.29 is 13.5 Å². The van der Waals surface area contributed by atoms with Gasteiger partial charge in [0.1, 0.15) is 18.1 Å². The molecule has 0 aliphatic carbocycles. The average Bonchev–Trinajstić information content (AvgIpc) is 2.37. The van der Waals surface area contributed by atoms with Gasteiger partial charge < -0.3 is 5.11 Å². The molecule has 0 aliphatic rings. The van der Waals surface area contributed by atoms with Crippen LogP contribution < -0.4 is 4.72 Å². The SMILES string of the molecule is CCC(C#N)S(=O)(=O)Nc1cccc(C#CCO)n1. The first-order chi connectivity index (χ1) is 9.03. The van der Waals surface area contributed by atoms with Crippen molar-refractivity contribution in [2.75, 3.05) is 11.3 Å². The first-order valence-electron chi connectivity index (χ1n) is 5.51. The maximum absolute atomic E-state index is 11.8. The van der Waals surface area contributed by atoms with Crippen LogP contribution in [-0.2, 0) is 10.0 Å². The summed E-state index contributed by atoms with van der Waals surface area (Å²) in [6, 6.07) is 6.35. The minimum absolute atomic E-state index is 0.0958. The average molecular weight is 279 g/mol. The van der Waals surface area contributed by atoms with Crippen LogP contribution in [0.5, 0.6) is 0 Å². The second kappa shape index (κ2) is 6.74. The Morgan fingerprint density at radius 3 is 2.84 bits per heavy atom. The molecule has 1 aromatic heterocycles. The molecule has 0 spiro atoms. The number of aromatic nitrogens is 1. The molecule has 1 unspecified atom stereocenters. The Morgan fingerprint density at radius 1 is 1.53 bits per heavy atom. The lowest BCUT2D eigenvalue weighted by Crippen LogP contribution is -2.26. The molecule has 19 heavy (non-hydrogen) atoms. The second-order valence-corrected chi connectivity index (χ2v) is 5.40. The summed E-state index contributed by atoms with van der Waals surface area (Å²) < 4.78 is 25.9. The van der Waals surface area contributed by atoms with E-state index < -0.39 is 15.3 Å². The number of aliphatic hydroxyl groups excluding tert-OH is 1. The summed E-state index contributed by atoms with van der Waals surface area (Å²) in [7, 11) is -3.78. The predicted octanol–water partition coefficient (Wildman–Crippen LogP) is 0.469. The lowest BCUT2D eigenvalue weighted by Gasteiger charge is -2.10. The molecule has 1 aromatic rings. The summed E-state index contributed by atoms with van der Waals surface area (Å²) in [5, 5.41) is 16.2. The molecule has 0 aromatic carbocycles. The van der Waals surface area contributed by atoms with Gasteiger partial charge in [-0.25, -0.2) is 13.4 Å². The molecule has 0 fully saturated rings. The molecule has 1 rings (SSSR count). The smallest absolute Gasteiger partial charge is 0.250 e. The van der Waals surface area contributed by atoms with E-state index in [-0.39, 0.29) is 18.8 Å². The maximum Gasteiger partial charge on any atom is 0.250 e. The minimum Gasteiger partial charge on any atom is -0.384 e. The predicted molar refractivity (Wildman–Crippen MR) is 70.4 cm³/mol. The lowest BCUT2D eigenvalue weighted by atomic mass is 10.3. The molecule has 2 N–H and O–H groups in total. The molecular weight excluding hydrogens is 266 g/mol. The number of pyridine rings is 1. The maximum atomic E-state index is 11.8. The first kappa shape index (κ1) is 15.0. The number of anilines is 1. The molecule has 7 heteroatoms. The van der Waals surface area contributed by atoms with Gasteiger partial charge >= 0.3 is 0 Å². The van der Waals surface area contributed by atoms with Gasteiger partial charge in [-0.05, 0) is 24.5 Å². The fourth-order valence-electron chi connectivity index (χ4n) is 1.29.